The predicted octanol–water partition coefficient (Wildman–Crippen LogP) is 5.16. The molecule has 0 spiro atoms. The maximum atomic E-state index is 12.7. The van der Waals surface area contributed by atoms with Gasteiger partial charge in [-0.2, -0.15) is 0 Å². The van der Waals surface area contributed by atoms with Gasteiger partial charge in [0.05, 0.1) is 22.3 Å². The third-order valence-corrected chi connectivity index (χ3v) is 5.47. The minimum atomic E-state index is -0.276. The first-order chi connectivity index (χ1) is 13.6. The molecule has 0 unspecified atom stereocenters. The van der Waals surface area contributed by atoms with Gasteiger partial charge in [-0.15, -0.1) is 0 Å². The lowest BCUT2D eigenvalue weighted by Gasteiger charge is -2.23. The molecule has 1 aliphatic carbocycles. The largest absolute Gasteiger partial charge is 0.493 e. The lowest BCUT2D eigenvalue weighted by molar-refractivity contribution is 0.0928. The zero-order valence-electron chi connectivity index (χ0n) is 16.0. The third kappa shape index (κ3) is 5.13. The number of para-hydroxylation sites is 1. The molecule has 2 amide bonds. The van der Waals surface area contributed by atoms with Crippen molar-refractivity contribution in [3.63, 3.8) is 0 Å². The molecule has 6 heteroatoms. The summed E-state index contributed by atoms with van der Waals surface area (Å²) < 4.78 is 6.19. The quantitative estimate of drug-likeness (QED) is 0.645. The van der Waals surface area contributed by atoms with Gasteiger partial charge in [-0.05, 0) is 66.0 Å². The molecule has 0 aliphatic heterocycles. The van der Waals surface area contributed by atoms with E-state index in [4.69, 9.17) is 4.74 Å². The molecule has 3 rings (SSSR count). The van der Waals surface area contributed by atoms with Crippen LogP contribution in [0.3, 0.4) is 0 Å². The molecule has 2 aromatic rings. The van der Waals surface area contributed by atoms with Crippen LogP contribution in [0.1, 0.15) is 59.7 Å². The highest BCUT2D eigenvalue weighted by Crippen LogP contribution is 2.27. The van der Waals surface area contributed by atoms with E-state index in [2.05, 4.69) is 26.6 Å². The summed E-state index contributed by atoms with van der Waals surface area (Å²) in [7, 11) is 0. The average molecular weight is 445 g/mol. The summed E-state index contributed by atoms with van der Waals surface area (Å²) in [4.78, 5) is 25.4. The van der Waals surface area contributed by atoms with Crippen molar-refractivity contribution in [2.75, 3.05) is 11.9 Å². The van der Waals surface area contributed by atoms with Crippen molar-refractivity contribution in [2.45, 2.75) is 45.1 Å². The zero-order valence-corrected chi connectivity index (χ0v) is 17.6. The SMILES string of the molecule is CCOc1ccc(C(=O)Nc2ccccc2C(=O)NC2CCCCC2)cc1Br. The monoisotopic (exact) mass is 444 g/mol. The maximum Gasteiger partial charge on any atom is 0.255 e. The lowest BCUT2D eigenvalue weighted by Crippen LogP contribution is -2.36. The minimum Gasteiger partial charge on any atom is -0.493 e. The van der Waals surface area contributed by atoms with E-state index in [0.29, 0.717) is 33.6 Å². The molecule has 0 radical (unpaired) electrons. The van der Waals surface area contributed by atoms with Gasteiger partial charge in [0, 0.05) is 11.6 Å². The number of carbonyl (C=O) groups is 2. The van der Waals surface area contributed by atoms with Crippen LogP contribution in [0.25, 0.3) is 0 Å². The molecule has 1 fully saturated rings. The Morgan fingerprint density at radius 1 is 1.07 bits per heavy atom. The van der Waals surface area contributed by atoms with Crippen molar-refractivity contribution < 1.29 is 14.3 Å². The molecule has 0 heterocycles. The molecular weight excluding hydrogens is 420 g/mol. The van der Waals surface area contributed by atoms with Gasteiger partial charge >= 0.3 is 0 Å². The second kappa shape index (κ2) is 9.73. The zero-order chi connectivity index (χ0) is 19.9. The van der Waals surface area contributed by atoms with Crippen LogP contribution in [0, 0.1) is 0 Å². The highest BCUT2D eigenvalue weighted by molar-refractivity contribution is 9.10. The van der Waals surface area contributed by atoms with E-state index in [-0.39, 0.29) is 17.9 Å². The van der Waals surface area contributed by atoms with Crippen LogP contribution in [-0.2, 0) is 0 Å². The number of benzene rings is 2. The Balaban J connectivity index is 1.72. The Kier molecular flexibility index (Phi) is 7.09. The third-order valence-electron chi connectivity index (χ3n) is 4.85. The molecule has 0 aromatic heterocycles. The maximum absolute atomic E-state index is 12.7. The number of nitrogens with one attached hydrogen (secondary N) is 2. The molecule has 1 saturated carbocycles. The van der Waals surface area contributed by atoms with Gasteiger partial charge in [-0.25, -0.2) is 0 Å². The van der Waals surface area contributed by atoms with Crippen LogP contribution in [-0.4, -0.2) is 24.5 Å². The Morgan fingerprint density at radius 3 is 2.54 bits per heavy atom. The average Bonchev–Trinajstić information content (AvgIpc) is 2.70. The number of hydrogen-bond acceptors (Lipinski definition) is 3. The van der Waals surface area contributed by atoms with Gasteiger partial charge in [-0.3, -0.25) is 9.59 Å². The van der Waals surface area contributed by atoms with Crippen LogP contribution >= 0.6 is 15.9 Å². The predicted molar refractivity (Wildman–Crippen MR) is 114 cm³/mol. The fourth-order valence-electron chi connectivity index (χ4n) is 3.41. The molecule has 2 N–H and O–H groups in total. The van der Waals surface area contributed by atoms with Gasteiger partial charge in [-0.1, -0.05) is 31.4 Å². The molecule has 1 aliphatic rings. The topological polar surface area (TPSA) is 67.4 Å². The van der Waals surface area contributed by atoms with Gasteiger partial charge in [0.25, 0.3) is 11.8 Å². The van der Waals surface area contributed by atoms with Gasteiger partial charge in [0.15, 0.2) is 0 Å². The van der Waals surface area contributed by atoms with Gasteiger partial charge < -0.3 is 15.4 Å². The van der Waals surface area contributed by atoms with E-state index in [0.717, 1.165) is 25.7 Å². The van der Waals surface area contributed by atoms with E-state index >= 15 is 0 Å². The summed E-state index contributed by atoms with van der Waals surface area (Å²) in [6.45, 7) is 2.45. The number of carbonyl (C=O) groups excluding carboxylic acids is 2. The lowest BCUT2D eigenvalue weighted by atomic mass is 9.95. The number of hydrogen-bond donors (Lipinski definition) is 2. The van der Waals surface area contributed by atoms with Crippen LogP contribution in [0.15, 0.2) is 46.9 Å². The number of anilines is 1. The van der Waals surface area contributed by atoms with Crippen molar-refractivity contribution >= 4 is 33.4 Å². The summed E-state index contributed by atoms with van der Waals surface area (Å²) in [5, 5.41) is 5.97. The van der Waals surface area contributed by atoms with Crippen LogP contribution in [0.2, 0.25) is 0 Å². The number of ether oxygens (including phenoxy) is 1. The molecule has 28 heavy (non-hydrogen) atoms. The van der Waals surface area contributed by atoms with Crippen LogP contribution in [0.4, 0.5) is 5.69 Å². The second-order valence-corrected chi connectivity index (χ2v) is 7.74. The van der Waals surface area contributed by atoms with E-state index in [1.165, 1.54) is 6.42 Å². The summed E-state index contributed by atoms with van der Waals surface area (Å²) in [5.74, 6) is 0.267. The fraction of sp³-hybridized carbons (Fsp3) is 0.364. The van der Waals surface area contributed by atoms with Crippen LogP contribution in [0.5, 0.6) is 5.75 Å². The Hall–Kier alpha value is -2.34. The molecule has 0 saturated heterocycles. The number of rotatable bonds is 6. The minimum absolute atomic E-state index is 0.143. The smallest absolute Gasteiger partial charge is 0.255 e. The van der Waals surface area contributed by atoms with E-state index in [9.17, 15) is 9.59 Å². The van der Waals surface area contributed by atoms with E-state index < -0.39 is 0 Å². The van der Waals surface area contributed by atoms with Crippen molar-refractivity contribution in [3.8, 4) is 5.75 Å². The molecular formula is C22H25BrN2O3. The standard InChI is InChI=1S/C22H25BrN2O3/c1-2-28-20-13-12-15(14-18(20)23)21(26)25-19-11-7-6-10-17(19)22(27)24-16-8-4-3-5-9-16/h6-7,10-14,16H,2-5,8-9H2,1H3,(H,24,27)(H,25,26). The summed E-state index contributed by atoms with van der Waals surface area (Å²) >= 11 is 3.43. The van der Waals surface area contributed by atoms with Gasteiger partial charge in [0.2, 0.25) is 0 Å². The first-order valence-electron chi connectivity index (χ1n) is 9.72. The molecule has 0 bridgehead atoms. The Morgan fingerprint density at radius 2 is 1.82 bits per heavy atom. The Bertz CT molecular complexity index is 847. The fourth-order valence-corrected chi connectivity index (χ4v) is 3.90. The molecule has 2 aromatic carbocycles. The summed E-state index contributed by atoms with van der Waals surface area (Å²) in [6, 6.07) is 12.5. The first kappa shape index (κ1) is 20.4. The van der Waals surface area contributed by atoms with Gasteiger partial charge in [0.1, 0.15) is 5.75 Å². The number of amides is 2. The van der Waals surface area contributed by atoms with E-state index in [1.54, 1.807) is 42.5 Å². The number of halogens is 1. The van der Waals surface area contributed by atoms with Crippen molar-refractivity contribution in [2.24, 2.45) is 0 Å². The highest BCUT2D eigenvalue weighted by atomic mass is 79.9. The van der Waals surface area contributed by atoms with Crippen LogP contribution < -0.4 is 15.4 Å². The molecule has 0 atom stereocenters. The first-order valence-corrected chi connectivity index (χ1v) is 10.5. The molecule has 148 valence electrons. The Labute approximate surface area is 174 Å². The molecule has 5 nitrogen and oxygen atoms in total. The van der Waals surface area contributed by atoms with Crippen molar-refractivity contribution in [1.82, 2.24) is 5.32 Å². The summed E-state index contributed by atoms with van der Waals surface area (Å²) in [6.07, 6.45) is 5.56. The highest BCUT2D eigenvalue weighted by Gasteiger charge is 2.19. The normalized spacial score (nSPS) is 14.4. The van der Waals surface area contributed by atoms with Crippen molar-refractivity contribution in [3.05, 3.63) is 58.1 Å². The van der Waals surface area contributed by atoms with Crippen molar-refractivity contribution in [1.29, 1.82) is 0 Å². The van der Waals surface area contributed by atoms with E-state index in [1.807, 2.05) is 6.92 Å². The summed E-state index contributed by atoms with van der Waals surface area (Å²) in [5.41, 5.74) is 1.47. The second-order valence-electron chi connectivity index (χ2n) is 6.89.